The van der Waals surface area contributed by atoms with Gasteiger partial charge >= 0.3 is 0 Å². The molecule has 2 aromatic heterocycles. The number of ether oxygens (including phenoxy) is 3. The van der Waals surface area contributed by atoms with Crippen LogP contribution in [0.1, 0.15) is 33.3 Å². The number of thiazole rings is 1. The van der Waals surface area contributed by atoms with Crippen molar-refractivity contribution in [1.82, 2.24) is 4.98 Å². The number of fused-ring (bicyclic) bond motifs is 3. The summed E-state index contributed by atoms with van der Waals surface area (Å²) in [6.07, 6.45) is 0. The zero-order valence-corrected chi connectivity index (χ0v) is 21.3. The SMILES string of the molecule is COc1ccc2nc(N3C(=O)c4oc5ccc(C)cc5c(=O)c4[C@@H]3c3ccc(OC)c(OC)c3)sc2c1. The molecular weight excluding hydrogens is 492 g/mol. The second-order valence-corrected chi connectivity index (χ2v) is 9.70. The first-order valence-electron chi connectivity index (χ1n) is 11.5. The van der Waals surface area contributed by atoms with E-state index in [0.29, 0.717) is 38.9 Å². The summed E-state index contributed by atoms with van der Waals surface area (Å²) in [5.41, 5.74) is 2.69. The van der Waals surface area contributed by atoms with Crippen molar-refractivity contribution in [1.29, 1.82) is 0 Å². The maximum atomic E-state index is 13.9. The summed E-state index contributed by atoms with van der Waals surface area (Å²) < 4.78 is 23.2. The summed E-state index contributed by atoms with van der Waals surface area (Å²) in [5.74, 6) is 1.29. The molecular formula is C28H22N2O6S. The minimum Gasteiger partial charge on any atom is -0.497 e. The molecule has 1 atom stereocenters. The second kappa shape index (κ2) is 8.63. The van der Waals surface area contributed by atoms with Gasteiger partial charge in [0.2, 0.25) is 5.76 Å². The van der Waals surface area contributed by atoms with E-state index in [-0.39, 0.29) is 16.8 Å². The Morgan fingerprint density at radius 3 is 2.49 bits per heavy atom. The Balaban J connectivity index is 1.62. The second-order valence-electron chi connectivity index (χ2n) is 8.70. The highest BCUT2D eigenvalue weighted by molar-refractivity contribution is 7.22. The lowest BCUT2D eigenvalue weighted by atomic mass is 9.98. The number of hydrogen-bond acceptors (Lipinski definition) is 8. The maximum Gasteiger partial charge on any atom is 0.297 e. The molecule has 5 aromatic rings. The van der Waals surface area contributed by atoms with Crippen molar-refractivity contribution in [2.75, 3.05) is 26.2 Å². The Morgan fingerprint density at radius 1 is 0.919 bits per heavy atom. The van der Waals surface area contributed by atoms with E-state index < -0.39 is 11.9 Å². The van der Waals surface area contributed by atoms with Crippen LogP contribution in [0.3, 0.4) is 0 Å². The van der Waals surface area contributed by atoms with Crippen LogP contribution in [0.2, 0.25) is 0 Å². The topological polar surface area (TPSA) is 91.1 Å². The molecule has 0 fully saturated rings. The summed E-state index contributed by atoms with van der Waals surface area (Å²) in [6.45, 7) is 1.91. The molecule has 0 unspecified atom stereocenters. The largest absolute Gasteiger partial charge is 0.497 e. The van der Waals surface area contributed by atoms with Gasteiger partial charge < -0.3 is 18.6 Å². The van der Waals surface area contributed by atoms with E-state index in [1.165, 1.54) is 16.2 Å². The van der Waals surface area contributed by atoms with Gasteiger partial charge in [-0.05, 0) is 55.0 Å². The number of rotatable bonds is 5. The molecule has 1 aliphatic heterocycles. The van der Waals surface area contributed by atoms with Crippen molar-refractivity contribution in [2.24, 2.45) is 0 Å². The summed E-state index contributed by atoms with van der Waals surface area (Å²) in [4.78, 5) is 34.0. The van der Waals surface area contributed by atoms with Gasteiger partial charge in [0.15, 0.2) is 22.1 Å². The molecule has 6 rings (SSSR count). The molecule has 1 aliphatic rings. The highest BCUT2D eigenvalue weighted by Crippen LogP contribution is 2.45. The van der Waals surface area contributed by atoms with E-state index in [0.717, 1.165) is 15.8 Å². The predicted molar refractivity (Wildman–Crippen MR) is 142 cm³/mol. The normalized spacial score (nSPS) is 14.9. The summed E-state index contributed by atoms with van der Waals surface area (Å²) in [5, 5.41) is 0.868. The minimum atomic E-state index is -0.772. The number of carbonyl (C=O) groups is 1. The molecule has 0 saturated carbocycles. The van der Waals surface area contributed by atoms with Gasteiger partial charge in [0.05, 0.1) is 48.5 Å². The van der Waals surface area contributed by atoms with Gasteiger partial charge in [-0.2, -0.15) is 0 Å². The van der Waals surface area contributed by atoms with E-state index in [2.05, 4.69) is 0 Å². The monoisotopic (exact) mass is 514 g/mol. The third-order valence-corrected chi connectivity index (χ3v) is 7.56. The van der Waals surface area contributed by atoms with E-state index in [1.807, 2.05) is 37.3 Å². The van der Waals surface area contributed by atoms with E-state index in [4.69, 9.17) is 23.6 Å². The molecule has 0 radical (unpaired) electrons. The third kappa shape index (κ3) is 3.54. The number of hydrogen-bond donors (Lipinski definition) is 0. The minimum absolute atomic E-state index is 0.0120. The zero-order valence-electron chi connectivity index (χ0n) is 20.5. The molecule has 0 aliphatic carbocycles. The summed E-state index contributed by atoms with van der Waals surface area (Å²) in [6, 6.07) is 15.5. The molecule has 0 spiro atoms. The van der Waals surface area contributed by atoms with Gasteiger partial charge in [-0.25, -0.2) is 4.98 Å². The standard InChI is InChI=1S/C28H22N2O6S/c1-14-5-9-19-17(11-14)25(31)23-24(15-6-10-20(34-3)21(12-15)35-4)30(27(32)26(23)36-19)28-29-18-8-7-16(33-2)13-22(18)37-28/h5-13,24H,1-4H3/t24-/m0/s1. The fourth-order valence-electron chi connectivity index (χ4n) is 4.75. The highest BCUT2D eigenvalue weighted by atomic mass is 32.1. The molecule has 1 amide bonds. The average Bonchev–Trinajstić information content (AvgIpc) is 3.46. The average molecular weight is 515 g/mol. The van der Waals surface area contributed by atoms with Crippen LogP contribution in [0, 0.1) is 6.92 Å². The van der Waals surface area contributed by atoms with Crippen molar-refractivity contribution in [3.8, 4) is 17.2 Å². The number of aromatic nitrogens is 1. The molecule has 3 aromatic carbocycles. The van der Waals surface area contributed by atoms with Crippen molar-refractivity contribution < 1.29 is 23.4 Å². The Hall–Kier alpha value is -4.37. The number of benzene rings is 3. The van der Waals surface area contributed by atoms with Crippen molar-refractivity contribution >= 4 is 43.6 Å². The zero-order chi connectivity index (χ0) is 25.8. The fourth-order valence-corrected chi connectivity index (χ4v) is 5.77. The number of amides is 1. The van der Waals surface area contributed by atoms with E-state index >= 15 is 0 Å². The van der Waals surface area contributed by atoms with Crippen LogP contribution < -0.4 is 24.5 Å². The first-order chi connectivity index (χ1) is 17.9. The van der Waals surface area contributed by atoms with E-state index in [9.17, 15) is 9.59 Å². The van der Waals surface area contributed by atoms with Gasteiger partial charge in [-0.3, -0.25) is 14.5 Å². The molecule has 8 nitrogen and oxygen atoms in total. The lowest BCUT2D eigenvalue weighted by Gasteiger charge is -2.23. The molecule has 0 N–H and O–H groups in total. The molecule has 37 heavy (non-hydrogen) atoms. The number of anilines is 1. The Labute approximate surface area is 215 Å². The number of aryl methyl sites for hydroxylation is 1. The van der Waals surface area contributed by atoms with Crippen LogP contribution in [0.4, 0.5) is 5.13 Å². The maximum absolute atomic E-state index is 13.9. The lowest BCUT2D eigenvalue weighted by molar-refractivity contribution is 0.0971. The summed E-state index contributed by atoms with van der Waals surface area (Å²) in [7, 11) is 4.69. The Morgan fingerprint density at radius 2 is 1.73 bits per heavy atom. The van der Waals surface area contributed by atoms with Gasteiger partial charge in [0, 0.05) is 0 Å². The smallest absolute Gasteiger partial charge is 0.297 e. The molecule has 9 heteroatoms. The van der Waals surface area contributed by atoms with Crippen molar-refractivity contribution in [2.45, 2.75) is 13.0 Å². The van der Waals surface area contributed by atoms with E-state index in [1.54, 1.807) is 45.6 Å². The Bertz CT molecular complexity index is 1770. The number of nitrogens with zero attached hydrogens (tertiary/aromatic N) is 2. The lowest BCUT2D eigenvalue weighted by Crippen LogP contribution is -2.29. The van der Waals surface area contributed by atoms with Gasteiger partial charge in [-0.15, -0.1) is 0 Å². The fraction of sp³-hybridized carbons (Fsp3) is 0.179. The van der Waals surface area contributed by atoms with Crippen LogP contribution >= 0.6 is 11.3 Å². The molecule has 186 valence electrons. The van der Waals surface area contributed by atoms with Crippen LogP contribution in [-0.2, 0) is 0 Å². The van der Waals surface area contributed by atoms with Crippen molar-refractivity contribution in [3.05, 3.63) is 87.3 Å². The first-order valence-corrected chi connectivity index (χ1v) is 12.3. The molecule has 0 bridgehead atoms. The number of carbonyl (C=O) groups excluding carboxylic acids is 1. The Kier molecular flexibility index (Phi) is 5.38. The highest BCUT2D eigenvalue weighted by Gasteiger charge is 2.45. The third-order valence-electron chi connectivity index (χ3n) is 6.54. The predicted octanol–water partition coefficient (Wildman–Crippen LogP) is 5.49. The first kappa shape index (κ1) is 23.1. The quantitative estimate of drug-likeness (QED) is 0.306. The van der Waals surface area contributed by atoms with Crippen LogP contribution in [-0.4, -0.2) is 32.2 Å². The summed E-state index contributed by atoms with van der Waals surface area (Å²) >= 11 is 1.34. The van der Waals surface area contributed by atoms with Gasteiger partial charge in [0.1, 0.15) is 11.3 Å². The van der Waals surface area contributed by atoms with Crippen LogP contribution in [0.25, 0.3) is 21.2 Å². The van der Waals surface area contributed by atoms with Gasteiger partial charge in [0.25, 0.3) is 5.91 Å². The van der Waals surface area contributed by atoms with Crippen LogP contribution in [0.15, 0.2) is 63.8 Å². The molecule has 0 saturated heterocycles. The van der Waals surface area contributed by atoms with Gasteiger partial charge in [-0.1, -0.05) is 29.0 Å². The van der Waals surface area contributed by atoms with Crippen molar-refractivity contribution in [3.63, 3.8) is 0 Å². The van der Waals surface area contributed by atoms with Crippen LogP contribution in [0.5, 0.6) is 17.2 Å². The molecule has 3 heterocycles. The number of methoxy groups -OCH3 is 3.